The number of aromatic amines is 1. The van der Waals surface area contributed by atoms with Crippen LogP contribution in [0.15, 0.2) is 36.9 Å². The fourth-order valence-electron chi connectivity index (χ4n) is 2.87. The van der Waals surface area contributed by atoms with Crippen LogP contribution in [0.3, 0.4) is 0 Å². The van der Waals surface area contributed by atoms with Crippen LogP contribution in [0.4, 0.5) is 27.9 Å². The van der Waals surface area contributed by atoms with E-state index >= 15 is 0 Å². The lowest BCUT2D eigenvalue weighted by Gasteiger charge is -2.07. The summed E-state index contributed by atoms with van der Waals surface area (Å²) in [5.74, 6) is 0.0650. The van der Waals surface area contributed by atoms with E-state index in [-0.39, 0.29) is 18.2 Å². The predicted octanol–water partition coefficient (Wildman–Crippen LogP) is 4.57. The van der Waals surface area contributed by atoms with Crippen molar-refractivity contribution >= 4 is 22.6 Å². The molecular weight excluding hydrogens is 383 g/mol. The van der Waals surface area contributed by atoms with Gasteiger partial charge in [0, 0.05) is 41.6 Å². The van der Waals surface area contributed by atoms with Crippen molar-refractivity contribution in [1.29, 1.82) is 0 Å². The molecule has 28 heavy (non-hydrogen) atoms. The Morgan fingerprint density at radius 2 is 1.96 bits per heavy atom. The number of alkyl halides is 5. The van der Waals surface area contributed by atoms with E-state index in [0.717, 1.165) is 6.20 Å². The highest BCUT2D eigenvalue weighted by Crippen LogP contribution is 2.29. The second-order valence-corrected chi connectivity index (χ2v) is 6.08. The summed E-state index contributed by atoms with van der Waals surface area (Å²) in [6.07, 6.45) is -2.15. The van der Waals surface area contributed by atoms with E-state index in [4.69, 9.17) is 0 Å². The van der Waals surface area contributed by atoms with Gasteiger partial charge in [0.25, 0.3) is 6.43 Å². The van der Waals surface area contributed by atoms with E-state index in [9.17, 15) is 22.0 Å². The molecule has 0 bridgehead atoms. The molecule has 4 rings (SSSR count). The summed E-state index contributed by atoms with van der Waals surface area (Å²) in [4.78, 5) is 15.1. The van der Waals surface area contributed by atoms with E-state index < -0.39 is 19.0 Å². The van der Waals surface area contributed by atoms with Crippen LogP contribution in [0.25, 0.3) is 27.8 Å². The van der Waals surface area contributed by atoms with Gasteiger partial charge in [0.15, 0.2) is 0 Å². The lowest BCUT2D eigenvalue weighted by Crippen LogP contribution is -2.15. The molecule has 0 atom stereocenters. The van der Waals surface area contributed by atoms with E-state index in [1.165, 1.54) is 10.6 Å². The summed E-state index contributed by atoms with van der Waals surface area (Å²) in [5, 5.41) is 3.14. The van der Waals surface area contributed by atoms with Gasteiger partial charge in [0.1, 0.15) is 17.0 Å². The van der Waals surface area contributed by atoms with Gasteiger partial charge in [-0.05, 0) is 12.1 Å². The van der Waals surface area contributed by atoms with Gasteiger partial charge in [0.05, 0.1) is 12.6 Å². The van der Waals surface area contributed by atoms with Crippen molar-refractivity contribution in [2.24, 2.45) is 0 Å². The van der Waals surface area contributed by atoms with Crippen LogP contribution in [0, 0.1) is 0 Å². The number of hydrogen-bond acceptors (Lipinski definition) is 4. The maximum Gasteiger partial charge on any atom is 0.390 e. The van der Waals surface area contributed by atoms with Crippen molar-refractivity contribution in [2.45, 2.75) is 19.0 Å². The molecule has 0 unspecified atom stereocenters. The van der Waals surface area contributed by atoms with E-state index in [1.54, 1.807) is 24.5 Å². The fourth-order valence-corrected chi connectivity index (χ4v) is 2.87. The van der Waals surface area contributed by atoms with Crippen molar-refractivity contribution in [2.75, 3.05) is 11.9 Å². The van der Waals surface area contributed by atoms with E-state index in [1.807, 2.05) is 0 Å². The lowest BCUT2D eigenvalue weighted by atomic mass is 10.1. The summed E-state index contributed by atoms with van der Waals surface area (Å²) >= 11 is 0. The average molecular weight is 396 g/mol. The normalized spacial score (nSPS) is 12.4. The molecule has 0 fully saturated rings. The number of H-pyrrole nitrogens is 1. The smallest absolute Gasteiger partial charge is 0.354 e. The number of aromatic nitrogens is 5. The third-order valence-electron chi connectivity index (χ3n) is 4.19. The van der Waals surface area contributed by atoms with Crippen molar-refractivity contribution < 1.29 is 22.0 Å². The molecule has 0 saturated heterocycles. The largest absolute Gasteiger partial charge is 0.390 e. The Balaban J connectivity index is 1.64. The van der Waals surface area contributed by atoms with Crippen LogP contribution in [-0.2, 0) is 0 Å². The zero-order valence-corrected chi connectivity index (χ0v) is 14.1. The SMILES string of the molecule is FC(F)c1cnc2ccc(-c3c[nH]c4nc(NCCC(F)(F)F)ncc34)cn12. The number of anilines is 1. The van der Waals surface area contributed by atoms with Gasteiger partial charge in [-0.2, -0.15) is 18.2 Å². The Morgan fingerprint density at radius 3 is 2.71 bits per heavy atom. The minimum Gasteiger partial charge on any atom is -0.354 e. The van der Waals surface area contributed by atoms with Crippen molar-refractivity contribution in [3.63, 3.8) is 0 Å². The van der Waals surface area contributed by atoms with Gasteiger partial charge in [-0.25, -0.2) is 18.7 Å². The number of fused-ring (bicyclic) bond motifs is 2. The molecule has 11 heteroatoms. The molecule has 0 saturated carbocycles. The number of halogens is 5. The molecule has 4 aromatic rings. The molecule has 6 nitrogen and oxygen atoms in total. The minimum atomic E-state index is -4.26. The molecule has 146 valence electrons. The van der Waals surface area contributed by atoms with Gasteiger partial charge in [0.2, 0.25) is 5.95 Å². The van der Waals surface area contributed by atoms with Gasteiger partial charge >= 0.3 is 6.18 Å². The molecule has 0 amide bonds. The number of rotatable bonds is 5. The Bertz CT molecular complexity index is 1130. The summed E-state index contributed by atoms with van der Waals surface area (Å²) in [5.41, 5.74) is 1.90. The molecule has 0 aromatic carbocycles. The van der Waals surface area contributed by atoms with Crippen LogP contribution in [0.5, 0.6) is 0 Å². The summed E-state index contributed by atoms with van der Waals surface area (Å²) in [7, 11) is 0. The van der Waals surface area contributed by atoms with Crippen LogP contribution < -0.4 is 5.32 Å². The van der Waals surface area contributed by atoms with Gasteiger partial charge in [-0.1, -0.05) is 0 Å². The number of pyridine rings is 1. The fraction of sp³-hybridized carbons (Fsp3) is 0.235. The van der Waals surface area contributed by atoms with Gasteiger partial charge < -0.3 is 10.3 Å². The quantitative estimate of drug-likeness (QED) is 0.485. The molecular formula is C17H13F5N6. The summed E-state index contributed by atoms with van der Waals surface area (Å²) < 4.78 is 64.2. The zero-order chi connectivity index (χ0) is 19.9. The molecule has 0 spiro atoms. The Morgan fingerprint density at radius 1 is 1.14 bits per heavy atom. The van der Waals surface area contributed by atoms with Crippen LogP contribution in [0.1, 0.15) is 18.5 Å². The Labute approximate surface area is 154 Å². The van der Waals surface area contributed by atoms with E-state index in [0.29, 0.717) is 27.8 Å². The summed E-state index contributed by atoms with van der Waals surface area (Å²) in [6.45, 7) is -0.337. The monoisotopic (exact) mass is 396 g/mol. The van der Waals surface area contributed by atoms with E-state index in [2.05, 4.69) is 25.3 Å². The molecule has 4 aromatic heterocycles. The highest BCUT2D eigenvalue weighted by atomic mass is 19.4. The van der Waals surface area contributed by atoms with Crippen molar-refractivity contribution in [3.05, 3.63) is 42.6 Å². The molecule has 2 N–H and O–H groups in total. The zero-order valence-electron chi connectivity index (χ0n) is 14.1. The highest BCUT2D eigenvalue weighted by molar-refractivity contribution is 5.93. The minimum absolute atomic E-state index is 0.0650. The molecule has 4 heterocycles. The standard InChI is InChI=1S/C17H13F5N6/c18-14(19)12-7-24-13-2-1-9(8-28(12)13)10-5-25-15-11(10)6-26-16(27-15)23-4-3-17(20,21)22/h1-2,5-8,14H,3-4H2,(H2,23,25,26,27). The lowest BCUT2D eigenvalue weighted by molar-refractivity contribution is -0.131. The first-order valence-electron chi connectivity index (χ1n) is 8.22. The summed E-state index contributed by atoms with van der Waals surface area (Å²) in [6, 6.07) is 3.35. The number of nitrogens with one attached hydrogen (secondary N) is 2. The van der Waals surface area contributed by atoms with Crippen molar-refractivity contribution in [3.8, 4) is 11.1 Å². The van der Waals surface area contributed by atoms with Gasteiger partial charge in [-0.3, -0.25) is 4.40 Å². The number of nitrogens with zero attached hydrogens (tertiary/aromatic N) is 4. The molecule has 0 radical (unpaired) electrons. The predicted molar refractivity (Wildman–Crippen MR) is 92.2 cm³/mol. The van der Waals surface area contributed by atoms with Gasteiger partial charge in [-0.15, -0.1) is 0 Å². The first-order valence-corrected chi connectivity index (χ1v) is 8.22. The highest BCUT2D eigenvalue weighted by Gasteiger charge is 2.26. The third kappa shape index (κ3) is 3.47. The number of hydrogen-bond donors (Lipinski definition) is 2. The first kappa shape index (κ1) is 18.1. The average Bonchev–Trinajstić information content (AvgIpc) is 3.23. The third-order valence-corrected chi connectivity index (χ3v) is 4.19. The second kappa shape index (κ2) is 6.73. The molecule has 0 aliphatic carbocycles. The second-order valence-electron chi connectivity index (χ2n) is 6.08. The first-order chi connectivity index (χ1) is 13.3. The van der Waals surface area contributed by atoms with Crippen molar-refractivity contribution in [1.82, 2.24) is 24.3 Å². The number of imidazole rings is 1. The molecule has 0 aliphatic rings. The maximum atomic E-state index is 13.1. The van der Waals surface area contributed by atoms with Crippen LogP contribution in [0.2, 0.25) is 0 Å². The van der Waals surface area contributed by atoms with Crippen LogP contribution >= 0.6 is 0 Å². The van der Waals surface area contributed by atoms with Crippen LogP contribution in [-0.4, -0.2) is 37.1 Å². The Hall–Kier alpha value is -3.24. The molecule has 0 aliphatic heterocycles. The maximum absolute atomic E-state index is 13.1. The topological polar surface area (TPSA) is 70.9 Å². The Kier molecular flexibility index (Phi) is 4.36.